The number of nitrogens with two attached hydrogens (primary N) is 1. The lowest BCUT2D eigenvalue weighted by atomic mass is 10.1. The monoisotopic (exact) mass is 401 g/mol. The molecule has 0 aromatic heterocycles. The van der Waals surface area contributed by atoms with Crippen molar-refractivity contribution < 1.29 is 28.5 Å². The molecule has 0 spiro atoms. The Morgan fingerprint density at radius 1 is 0.897 bits per heavy atom. The van der Waals surface area contributed by atoms with E-state index < -0.39 is 11.8 Å². The van der Waals surface area contributed by atoms with Crippen LogP contribution in [-0.4, -0.2) is 40.3 Å². The summed E-state index contributed by atoms with van der Waals surface area (Å²) < 4.78 is 21.0. The second-order valence-corrected chi connectivity index (χ2v) is 5.64. The molecule has 0 saturated carbocycles. The smallest absolute Gasteiger partial charge is 0.281 e. The first-order valence-corrected chi connectivity index (χ1v) is 8.46. The molecule has 0 heterocycles. The van der Waals surface area contributed by atoms with E-state index in [4.69, 9.17) is 24.8 Å². The molecule has 154 valence electrons. The molecule has 4 N–H and O–H groups in total. The molecular weight excluding hydrogens is 378 g/mol. The molecule has 29 heavy (non-hydrogen) atoms. The number of rotatable bonds is 8. The highest BCUT2D eigenvalue weighted by atomic mass is 16.5. The van der Waals surface area contributed by atoms with Gasteiger partial charge in [0.05, 0.1) is 28.4 Å². The van der Waals surface area contributed by atoms with Crippen molar-refractivity contribution in [2.45, 2.75) is 0 Å². The molecular formula is C20H23N3O6. The molecule has 0 aliphatic carbocycles. The Morgan fingerprint density at radius 3 is 2.00 bits per heavy atom. The normalized spacial score (nSPS) is 10.7. The van der Waals surface area contributed by atoms with Crippen LogP contribution in [0.15, 0.2) is 42.1 Å². The van der Waals surface area contributed by atoms with Crippen LogP contribution in [0.2, 0.25) is 0 Å². The number of carbonyl (C=O) groups is 2. The summed E-state index contributed by atoms with van der Waals surface area (Å²) >= 11 is 0. The van der Waals surface area contributed by atoms with Gasteiger partial charge in [-0.25, -0.2) is 5.84 Å². The summed E-state index contributed by atoms with van der Waals surface area (Å²) in [5, 5.41) is 2.55. The standard InChI is InChI=1S/C20H23N3O6/c1-26-15-8-6-5-7-12(15)9-14(20(25)23-21)22-19(24)13-10-16(27-2)18(29-4)17(11-13)28-3/h5-11H,21H2,1-4H3,(H,22,24)(H,23,25). The topological polar surface area (TPSA) is 121 Å². The maximum Gasteiger partial charge on any atom is 0.281 e. The number of methoxy groups -OCH3 is 4. The molecule has 0 atom stereocenters. The average molecular weight is 401 g/mol. The second kappa shape index (κ2) is 10.00. The Kier molecular flexibility index (Phi) is 7.44. The lowest BCUT2D eigenvalue weighted by Crippen LogP contribution is -2.38. The third kappa shape index (κ3) is 4.96. The summed E-state index contributed by atoms with van der Waals surface area (Å²) in [5.41, 5.74) is 2.71. The summed E-state index contributed by atoms with van der Waals surface area (Å²) in [6, 6.07) is 9.95. The van der Waals surface area contributed by atoms with Crippen LogP contribution in [0.3, 0.4) is 0 Å². The first-order chi connectivity index (χ1) is 14.0. The molecule has 0 radical (unpaired) electrons. The maximum atomic E-state index is 12.8. The van der Waals surface area contributed by atoms with Gasteiger partial charge in [0, 0.05) is 11.1 Å². The van der Waals surface area contributed by atoms with Crippen LogP contribution < -0.4 is 35.5 Å². The minimum absolute atomic E-state index is 0.0734. The fourth-order valence-corrected chi connectivity index (χ4v) is 2.58. The molecule has 2 rings (SSSR count). The molecule has 0 fully saturated rings. The van der Waals surface area contributed by atoms with Crippen molar-refractivity contribution in [3.05, 3.63) is 53.2 Å². The van der Waals surface area contributed by atoms with Gasteiger partial charge >= 0.3 is 0 Å². The van der Waals surface area contributed by atoms with Crippen LogP contribution in [0.5, 0.6) is 23.0 Å². The van der Waals surface area contributed by atoms with Crippen LogP contribution in [0.25, 0.3) is 6.08 Å². The summed E-state index contributed by atoms with van der Waals surface area (Å²) in [7, 11) is 5.84. The predicted octanol–water partition coefficient (Wildman–Crippen LogP) is 1.48. The Balaban J connectivity index is 2.43. The van der Waals surface area contributed by atoms with Crippen LogP contribution in [-0.2, 0) is 4.79 Å². The van der Waals surface area contributed by atoms with E-state index in [9.17, 15) is 9.59 Å². The van der Waals surface area contributed by atoms with E-state index in [0.29, 0.717) is 28.6 Å². The first-order valence-electron chi connectivity index (χ1n) is 8.46. The molecule has 0 aliphatic heterocycles. The number of hydrogen-bond acceptors (Lipinski definition) is 7. The molecule has 2 aromatic carbocycles. The van der Waals surface area contributed by atoms with Gasteiger partial charge in [0.25, 0.3) is 11.8 Å². The highest BCUT2D eigenvalue weighted by Gasteiger charge is 2.19. The van der Waals surface area contributed by atoms with E-state index in [1.165, 1.54) is 46.6 Å². The summed E-state index contributed by atoms with van der Waals surface area (Å²) in [6.45, 7) is 0. The zero-order valence-corrected chi connectivity index (χ0v) is 16.6. The van der Waals surface area contributed by atoms with Crippen molar-refractivity contribution in [1.29, 1.82) is 0 Å². The van der Waals surface area contributed by atoms with E-state index >= 15 is 0 Å². The zero-order chi connectivity index (χ0) is 21.4. The van der Waals surface area contributed by atoms with Crippen molar-refractivity contribution in [3.8, 4) is 23.0 Å². The van der Waals surface area contributed by atoms with Crippen LogP contribution in [0, 0.1) is 0 Å². The lowest BCUT2D eigenvalue weighted by Gasteiger charge is -2.15. The second-order valence-electron chi connectivity index (χ2n) is 5.64. The summed E-state index contributed by atoms with van der Waals surface area (Å²) in [6.07, 6.45) is 1.46. The van der Waals surface area contributed by atoms with Crippen LogP contribution >= 0.6 is 0 Å². The molecule has 0 aliphatic rings. The SMILES string of the molecule is COc1ccccc1C=C(NC(=O)c1cc(OC)c(OC)c(OC)c1)C(=O)NN. The van der Waals surface area contributed by atoms with Crippen molar-refractivity contribution in [2.24, 2.45) is 5.84 Å². The number of benzene rings is 2. The highest BCUT2D eigenvalue weighted by molar-refractivity contribution is 6.05. The highest BCUT2D eigenvalue weighted by Crippen LogP contribution is 2.38. The number of carbonyl (C=O) groups excluding carboxylic acids is 2. The van der Waals surface area contributed by atoms with Gasteiger partial charge in [0.15, 0.2) is 11.5 Å². The Bertz CT molecular complexity index is 901. The van der Waals surface area contributed by atoms with Crippen molar-refractivity contribution in [1.82, 2.24) is 10.7 Å². The Labute approximate surface area is 168 Å². The fourth-order valence-electron chi connectivity index (χ4n) is 2.58. The van der Waals surface area contributed by atoms with Gasteiger partial charge in [-0.3, -0.25) is 15.0 Å². The van der Waals surface area contributed by atoms with Gasteiger partial charge in [-0.15, -0.1) is 0 Å². The number of ether oxygens (including phenoxy) is 4. The quantitative estimate of drug-likeness (QED) is 0.265. The number of amides is 2. The molecule has 0 saturated heterocycles. The van der Waals surface area contributed by atoms with E-state index in [0.717, 1.165) is 0 Å². The van der Waals surface area contributed by atoms with Gasteiger partial charge < -0.3 is 24.3 Å². The van der Waals surface area contributed by atoms with Gasteiger partial charge in [0.1, 0.15) is 11.4 Å². The average Bonchev–Trinajstić information content (AvgIpc) is 2.76. The van der Waals surface area contributed by atoms with Crippen molar-refractivity contribution in [2.75, 3.05) is 28.4 Å². The molecule has 9 heteroatoms. The molecule has 2 aromatic rings. The van der Waals surface area contributed by atoms with Gasteiger partial charge in [0.2, 0.25) is 5.75 Å². The molecule has 2 amide bonds. The van der Waals surface area contributed by atoms with Gasteiger partial charge in [-0.2, -0.15) is 0 Å². The third-order valence-corrected chi connectivity index (χ3v) is 3.99. The number of para-hydroxylation sites is 1. The van der Waals surface area contributed by atoms with Crippen molar-refractivity contribution in [3.63, 3.8) is 0 Å². The number of hydrazine groups is 1. The van der Waals surface area contributed by atoms with Gasteiger partial charge in [-0.1, -0.05) is 18.2 Å². The lowest BCUT2D eigenvalue weighted by molar-refractivity contribution is -0.117. The van der Waals surface area contributed by atoms with Crippen LogP contribution in [0.4, 0.5) is 0 Å². The summed E-state index contributed by atoms with van der Waals surface area (Å²) in [5.74, 6) is 5.47. The minimum Gasteiger partial charge on any atom is -0.496 e. The molecule has 0 bridgehead atoms. The zero-order valence-electron chi connectivity index (χ0n) is 16.6. The molecule has 9 nitrogen and oxygen atoms in total. The van der Waals surface area contributed by atoms with Gasteiger partial charge in [-0.05, 0) is 24.3 Å². The van der Waals surface area contributed by atoms with E-state index in [1.54, 1.807) is 24.3 Å². The number of nitrogens with one attached hydrogen (secondary N) is 2. The van der Waals surface area contributed by atoms with Crippen LogP contribution in [0.1, 0.15) is 15.9 Å². The third-order valence-electron chi connectivity index (χ3n) is 3.99. The maximum absolute atomic E-state index is 12.8. The largest absolute Gasteiger partial charge is 0.496 e. The van der Waals surface area contributed by atoms with Crippen molar-refractivity contribution >= 4 is 17.9 Å². The Hall–Kier alpha value is -3.72. The van der Waals surface area contributed by atoms with E-state index in [2.05, 4.69) is 5.32 Å². The van der Waals surface area contributed by atoms with E-state index in [-0.39, 0.29) is 11.3 Å². The summed E-state index contributed by atoms with van der Waals surface area (Å²) in [4.78, 5) is 25.0. The fraction of sp³-hybridized carbons (Fsp3) is 0.200. The Morgan fingerprint density at radius 2 is 1.48 bits per heavy atom. The van der Waals surface area contributed by atoms with E-state index in [1.807, 2.05) is 5.43 Å². The first kappa shape index (κ1) is 21.6. The predicted molar refractivity (Wildman–Crippen MR) is 107 cm³/mol. The number of hydrogen-bond donors (Lipinski definition) is 3. The minimum atomic E-state index is -0.684. The molecule has 0 unspecified atom stereocenters.